The van der Waals surface area contributed by atoms with Crippen molar-refractivity contribution in [1.82, 2.24) is 26.0 Å². The second-order valence-electron chi connectivity index (χ2n) is 7.81. The maximum absolute atomic E-state index is 12.5. The summed E-state index contributed by atoms with van der Waals surface area (Å²) in [6.45, 7) is 3.00. The van der Waals surface area contributed by atoms with Crippen molar-refractivity contribution in [2.24, 2.45) is 0 Å². The molecule has 2 atom stereocenters. The lowest BCUT2D eigenvalue weighted by Crippen LogP contribution is -2.61. The van der Waals surface area contributed by atoms with Crippen molar-refractivity contribution in [3.05, 3.63) is 35.9 Å². The molecule has 2 heterocycles. The topological polar surface area (TPSA) is 76.7 Å². The number of nitrogens with zero attached hydrogens (tertiary/aromatic N) is 2. The van der Waals surface area contributed by atoms with Crippen LogP contribution in [0.1, 0.15) is 43.7 Å². The third kappa shape index (κ3) is 4.25. The van der Waals surface area contributed by atoms with E-state index in [0.717, 1.165) is 25.9 Å². The van der Waals surface area contributed by atoms with Crippen LogP contribution in [0.3, 0.4) is 0 Å². The zero-order chi connectivity index (χ0) is 18.6. The van der Waals surface area contributed by atoms with Gasteiger partial charge in [-0.2, -0.15) is 0 Å². The number of carbonyl (C=O) groups is 2. The minimum Gasteiger partial charge on any atom is -0.335 e. The largest absolute Gasteiger partial charge is 0.335 e. The summed E-state index contributed by atoms with van der Waals surface area (Å²) in [7, 11) is 0. The Bertz CT molecular complexity index is 654. The zero-order valence-electron chi connectivity index (χ0n) is 15.7. The van der Waals surface area contributed by atoms with Crippen molar-refractivity contribution in [1.29, 1.82) is 0 Å². The van der Waals surface area contributed by atoms with Crippen molar-refractivity contribution >= 4 is 11.9 Å². The van der Waals surface area contributed by atoms with Crippen LogP contribution in [0.2, 0.25) is 0 Å². The first-order valence-electron chi connectivity index (χ1n) is 10.1. The summed E-state index contributed by atoms with van der Waals surface area (Å²) in [6.07, 6.45) is 5.12. The highest BCUT2D eigenvalue weighted by atomic mass is 16.2. The first-order chi connectivity index (χ1) is 13.2. The highest BCUT2D eigenvalue weighted by Crippen LogP contribution is 2.26. The average molecular weight is 371 g/mol. The van der Waals surface area contributed by atoms with Crippen LogP contribution in [0.25, 0.3) is 0 Å². The molecular formula is C20H29N5O2. The molecule has 146 valence electrons. The van der Waals surface area contributed by atoms with Crippen LogP contribution in [0.4, 0.5) is 4.79 Å². The zero-order valence-corrected chi connectivity index (χ0v) is 15.7. The van der Waals surface area contributed by atoms with Crippen LogP contribution < -0.4 is 16.2 Å². The van der Waals surface area contributed by atoms with Gasteiger partial charge in [-0.05, 0) is 18.4 Å². The maximum Gasteiger partial charge on any atom is 0.317 e. The summed E-state index contributed by atoms with van der Waals surface area (Å²) in [5.41, 5.74) is 7.13. The summed E-state index contributed by atoms with van der Waals surface area (Å²) in [4.78, 5) is 28.7. The van der Waals surface area contributed by atoms with Crippen LogP contribution in [-0.4, -0.2) is 60.0 Å². The molecule has 1 aromatic carbocycles. The molecule has 3 fully saturated rings. The van der Waals surface area contributed by atoms with Gasteiger partial charge in [0, 0.05) is 44.7 Å². The van der Waals surface area contributed by atoms with Crippen LogP contribution in [-0.2, 0) is 4.79 Å². The molecule has 3 N–H and O–H groups in total. The Hall–Kier alpha value is -2.12. The molecular weight excluding hydrogens is 342 g/mol. The molecule has 1 aliphatic carbocycles. The number of piperazine rings is 1. The quantitative estimate of drug-likeness (QED) is 0.751. The SMILES string of the molecule is O=C1CC(N2CCN(C(=O)NC3CCCC3)CC2)C(c2ccccc2)NN1. The molecule has 1 aromatic rings. The number of amides is 3. The van der Waals surface area contributed by atoms with E-state index in [1.54, 1.807) is 0 Å². The molecule has 4 rings (SSSR count). The van der Waals surface area contributed by atoms with E-state index in [1.807, 2.05) is 23.1 Å². The molecule has 0 radical (unpaired) electrons. The van der Waals surface area contributed by atoms with E-state index >= 15 is 0 Å². The van der Waals surface area contributed by atoms with Gasteiger partial charge in [0.1, 0.15) is 0 Å². The number of nitrogens with one attached hydrogen (secondary N) is 3. The average Bonchev–Trinajstić information content (AvgIpc) is 3.22. The third-order valence-electron chi connectivity index (χ3n) is 6.06. The second-order valence-corrected chi connectivity index (χ2v) is 7.81. The first kappa shape index (κ1) is 18.3. The van der Waals surface area contributed by atoms with Gasteiger partial charge >= 0.3 is 6.03 Å². The van der Waals surface area contributed by atoms with Gasteiger partial charge in [-0.1, -0.05) is 43.2 Å². The smallest absolute Gasteiger partial charge is 0.317 e. The van der Waals surface area contributed by atoms with Crippen LogP contribution in [0.15, 0.2) is 30.3 Å². The van der Waals surface area contributed by atoms with Crippen LogP contribution >= 0.6 is 0 Å². The minimum atomic E-state index is 0.0218. The summed E-state index contributed by atoms with van der Waals surface area (Å²) < 4.78 is 0. The maximum atomic E-state index is 12.5. The fourth-order valence-electron chi connectivity index (χ4n) is 4.51. The molecule has 0 spiro atoms. The molecule has 2 aliphatic heterocycles. The predicted octanol–water partition coefficient (Wildman–Crippen LogP) is 1.39. The molecule has 2 saturated heterocycles. The van der Waals surface area contributed by atoms with Crippen molar-refractivity contribution in [3.63, 3.8) is 0 Å². The van der Waals surface area contributed by atoms with Crippen molar-refractivity contribution < 1.29 is 9.59 Å². The van der Waals surface area contributed by atoms with E-state index in [9.17, 15) is 9.59 Å². The number of hydrogen-bond acceptors (Lipinski definition) is 4. The van der Waals surface area contributed by atoms with Gasteiger partial charge < -0.3 is 10.2 Å². The monoisotopic (exact) mass is 371 g/mol. The summed E-state index contributed by atoms with van der Waals surface area (Å²) in [5, 5.41) is 3.18. The van der Waals surface area contributed by atoms with E-state index in [-0.39, 0.29) is 24.0 Å². The Labute approximate surface area is 160 Å². The number of hydrazine groups is 1. The second kappa shape index (κ2) is 8.27. The normalized spacial score (nSPS) is 27.4. The summed E-state index contributed by atoms with van der Waals surface area (Å²) in [5.74, 6) is 0.0218. The fourth-order valence-corrected chi connectivity index (χ4v) is 4.51. The molecule has 0 bridgehead atoms. The fraction of sp³-hybridized carbons (Fsp3) is 0.600. The number of benzene rings is 1. The Morgan fingerprint density at radius 1 is 1.04 bits per heavy atom. The molecule has 27 heavy (non-hydrogen) atoms. The van der Waals surface area contributed by atoms with Crippen molar-refractivity contribution in [2.75, 3.05) is 26.2 Å². The van der Waals surface area contributed by atoms with E-state index < -0.39 is 0 Å². The van der Waals surface area contributed by atoms with E-state index in [2.05, 4.69) is 33.2 Å². The lowest BCUT2D eigenvalue weighted by molar-refractivity contribution is -0.127. The van der Waals surface area contributed by atoms with Gasteiger partial charge in [0.25, 0.3) is 0 Å². The highest BCUT2D eigenvalue weighted by molar-refractivity contribution is 5.77. The van der Waals surface area contributed by atoms with Gasteiger partial charge in [-0.25, -0.2) is 10.2 Å². The standard InChI is InChI=1S/C20H29N5O2/c26-18-14-17(19(23-22-18)15-6-2-1-3-7-15)24-10-12-25(13-11-24)20(27)21-16-8-4-5-9-16/h1-3,6-7,16-17,19,23H,4-5,8-14H2,(H,21,27)(H,22,26). The van der Waals surface area contributed by atoms with Gasteiger partial charge in [0.05, 0.1) is 6.04 Å². The molecule has 3 amide bonds. The number of hydrogen-bond donors (Lipinski definition) is 3. The number of carbonyl (C=O) groups excluding carboxylic acids is 2. The Morgan fingerprint density at radius 2 is 1.74 bits per heavy atom. The van der Waals surface area contributed by atoms with Gasteiger partial charge in [-0.15, -0.1) is 0 Å². The molecule has 0 aromatic heterocycles. The summed E-state index contributed by atoms with van der Waals surface area (Å²) in [6, 6.07) is 10.8. The summed E-state index contributed by atoms with van der Waals surface area (Å²) >= 11 is 0. The molecule has 1 saturated carbocycles. The van der Waals surface area contributed by atoms with E-state index in [0.29, 0.717) is 25.6 Å². The molecule has 7 nitrogen and oxygen atoms in total. The van der Waals surface area contributed by atoms with Crippen molar-refractivity contribution in [2.45, 2.75) is 50.2 Å². The Balaban J connectivity index is 1.36. The first-order valence-corrected chi connectivity index (χ1v) is 10.1. The third-order valence-corrected chi connectivity index (χ3v) is 6.06. The Kier molecular flexibility index (Phi) is 5.59. The van der Waals surface area contributed by atoms with Crippen molar-refractivity contribution in [3.8, 4) is 0 Å². The lowest BCUT2D eigenvalue weighted by Gasteiger charge is -2.44. The van der Waals surface area contributed by atoms with Gasteiger partial charge in [0.2, 0.25) is 5.91 Å². The number of urea groups is 1. The van der Waals surface area contributed by atoms with Crippen LogP contribution in [0, 0.1) is 0 Å². The van der Waals surface area contributed by atoms with Gasteiger partial charge in [-0.3, -0.25) is 15.1 Å². The van der Waals surface area contributed by atoms with E-state index in [1.165, 1.54) is 18.4 Å². The predicted molar refractivity (Wildman–Crippen MR) is 103 cm³/mol. The Morgan fingerprint density at radius 3 is 2.44 bits per heavy atom. The number of rotatable bonds is 3. The highest BCUT2D eigenvalue weighted by Gasteiger charge is 2.36. The van der Waals surface area contributed by atoms with E-state index in [4.69, 9.17) is 0 Å². The lowest BCUT2D eigenvalue weighted by atomic mass is 9.93. The minimum absolute atomic E-state index is 0.0218. The van der Waals surface area contributed by atoms with Crippen LogP contribution in [0.5, 0.6) is 0 Å². The molecule has 7 heteroatoms. The molecule has 3 aliphatic rings. The van der Waals surface area contributed by atoms with Gasteiger partial charge in [0.15, 0.2) is 0 Å². The molecule has 2 unspecified atom stereocenters.